The fourth-order valence-electron chi connectivity index (χ4n) is 2.28. The van der Waals surface area contributed by atoms with Gasteiger partial charge in [-0.25, -0.2) is 4.79 Å². The molecule has 0 aliphatic heterocycles. The summed E-state index contributed by atoms with van der Waals surface area (Å²) in [5, 5.41) is 3.29. The highest BCUT2D eigenvalue weighted by Crippen LogP contribution is 2.26. The van der Waals surface area contributed by atoms with Crippen LogP contribution in [0.2, 0.25) is 0 Å². The zero-order chi connectivity index (χ0) is 17.7. The number of nitrogens with one attached hydrogen (secondary N) is 1. The highest BCUT2D eigenvalue weighted by molar-refractivity contribution is 5.93. The smallest absolute Gasteiger partial charge is 0.339 e. The summed E-state index contributed by atoms with van der Waals surface area (Å²) in [5.41, 5.74) is 8.20. The van der Waals surface area contributed by atoms with Crippen molar-refractivity contribution in [3.05, 3.63) is 53.6 Å². The molecule has 0 unspecified atom stereocenters. The average Bonchev–Trinajstić information content (AvgIpc) is 2.53. The topological polar surface area (TPSA) is 73.6 Å². The molecule has 2 rings (SSSR count). The SMILES string of the molecule is COc1ccc(Nc2cccc(C(=O)OC(C)(C)C)c2CN)cc1. The van der Waals surface area contributed by atoms with Gasteiger partial charge in [-0.2, -0.15) is 0 Å². The highest BCUT2D eigenvalue weighted by atomic mass is 16.6. The average molecular weight is 328 g/mol. The first-order valence-corrected chi connectivity index (χ1v) is 7.80. The molecule has 128 valence electrons. The number of carbonyl (C=O) groups is 1. The Kier molecular flexibility index (Phi) is 5.46. The minimum absolute atomic E-state index is 0.230. The second-order valence-electron chi connectivity index (χ2n) is 6.39. The number of anilines is 2. The Morgan fingerprint density at radius 3 is 2.33 bits per heavy atom. The lowest BCUT2D eigenvalue weighted by molar-refractivity contribution is 0.00684. The Morgan fingerprint density at radius 2 is 1.79 bits per heavy atom. The number of nitrogens with two attached hydrogens (primary N) is 1. The molecular weight excluding hydrogens is 304 g/mol. The summed E-state index contributed by atoms with van der Waals surface area (Å²) in [6.45, 7) is 5.75. The Bertz CT molecular complexity index is 704. The van der Waals surface area contributed by atoms with E-state index in [0.29, 0.717) is 5.56 Å². The molecule has 0 saturated heterocycles. The van der Waals surface area contributed by atoms with Gasteiger partial charge >= 0.3 is 5.97 Å². The molecule has 0 amide bonds. The molecule has 0 fully saturated rings. The van der Waals surface area contributed by atoms with Crippen LogP contribution in [0.4, 0.5) is 11.4 Å². The van der Waals surface area contributed by atoms with E-state index in [1.54, 1.807) is 13.2 Å². The van der Waals surface area contributed by atoms with Crippen LogP contribution in [0.1, 0.15) is 36.7 Å². The second kappa shape index (κ2) is 7.36. The van der Waals surface area contributed by atoms with E-state index in [2.05, 4.69) is 5.32 Å². The largest absolute Gasteiger partial charge is 0.497 e. The van der Waals surface area contributed by atoms with Crippen molar-refractivity contribution in [2.45, 2.75) is 32.9 Å². The van der Waals surface area contributed by atoms with Gasteiger partial charge in [0.25, 0.3) is 0 Å². The van der Waals surface area contributed by atoms with Gasteiger partial charge in [-0.3, -0.25) is 0 Å². The Morgan fingerprint density at radius 1 is 1.12 bits per heavy atom. The van der Waals surface area contributed by atoms with Crippen molar-refractivity contribution in [1.82, 2.24) is 0 Å². The maximum atomic E-state index is 12.4. The van der Waals surface area contributed by atoms with Crippen LogP contribution in [0.15, 0.2) is 42.5 Å². The molecule has 0 aliphatic rings. The predicted octanol–water partition coefficient (Wildman–Crippen LogP) is 3.85. The van der Waals surface area contributed by atoms with Crippen molar-refractivity contribution >= 4 is 17.3 Å². The molecule has 0 aromatic heterocycles. The van der Waals surface area contributed by atoms with Crippen LogP contribution in [-0.4, -0.2) is 18.7 Å². The van der Waals surface area contributed by atoms with Crippen LogP contribution < -0.4 is 15.8 Å². The summed E-state index contributed by atoms with van der Waals surface area (Å²) in [4.78, 5) is 12.4. The van der Waals surface area contributed by atoms with E-state index in [0.717, 1.165) is 22.7 Å². The first-order chi connectivity index (χ1) is 11.3. The predicted molar refractivity (Wildman–Crippen MR) is 95.8 cm³/mol. The van der Waals surface area contributed by atoms with E-state index in [-0.39, 0.29) is 12.5 Å². The van der Waals surface area contributed by atoms with Gasteiger partial charge in [0.2, 0.25) is 0 Å². The molecule has 0 radical (unpaired) electrons. The van der Waals surface area contributed by atoms with Crippen LogP contribution in [0.25, 0.3) is 0 Å². The quantitative estimate of drug-likeness (QED) is 0.816. The summed E-state index contributed by atoms with van der Waals surface area (Å²) >= 11 is 0. The lowest BCUT2D eigenvalue weighted by Crippen LogP contribution is -2.25. The van der Waals surface area contributed by atoms with Crippen LogP contribution in [-0.2, 0) is 11.3 Å². The van der Waals surface area contributed by atoms with E-state index >= 15 is 0 Å². The molecule has 0 atom stereocenters. The molecule has 0 spiro atoms. The van der Waals surface area contributed by atoms with Crippen molar-refractivity contribution < 1.29 is 14.3 Å². The van der Waals surface area contributed by atoms with Crippen LogP contribution >= 0.6 is 0 Å². The number of rotatable bonds is 5. The van der Waals surface area contributed by atoms with Gasteiger partial charge in [0.1, 0.15) is 11.4 Å². The lowest BCUT2D eigenvalue weighted by atomic mass is 10.0. The summed E-state index contributed by atoms with van der Waals surface area (Å²) in [7, 11) is 1.62. The zero-order valence-corrected chi connectivity index (χ0v) is 14.6. The van der Waals surface area contributed by atoms with Gasteiger partial charge < -0.3 is 20.5 Å². The summed E-state index contributed by atoms with van der Waals surface area (Å²) in [6.07, 6.45) is 0. The molecule has 5 nitrogen and oxygen atoms in total. The molecule has 2 aromatic rings. The molecule has 2 aromatic carbocycles. The molecule has 0 bridgehead atoms. The number of methoxy groups -OCH3 is 1. The first-order valence-electron chi connectivity index (χ1n) is 7.80. The first kappa shape index (κ1) is 17.8. The fraction of sp³-hybridized carbons (Fsp3) is 0.316. The van der Waals surface area contributed by atoms with Gasteiger partial charge in [0.05, 0.1) is 12.7 Å². The third kappa shape index (κ3) is 4.49. The minimum Gasteiger partial charge on any atom is -0.497 e. The normalized spacial score (nSPS) is 11.0. The van der Waals surface area contributed by atoms with E-state index in [1.165, 1.54) is 0 Å². The fourth-order valence-corrected chi connectivity index (χ4v) is 2.28. The van der Waals surface area contributed by atoms with Gasteiger partial charge in [-0.05, 0) is 57.2 Å². The summed E-state index contributed by atoms with van der Waals surface area (Å²) in [6, 6.07) is 13.0. The number of hydrogen-bond donors (Lipinski definition) is 2. The molecule has 0 aliphatic carbocycles. The van der Waals surface area contributed by atoms with Crippen molar-refractivity contribution in [1.29, 1.82) is 0 Å². The Balaban J connectivity index is 2.30. The number of hydrogen-bond acceptors (Lipinski definition) is 5. The standard InChI is InChI=1S/C19H24N2O3/c1-19(2,3)24-18(22)15-6-5-7-17(16(15)12-20)21-13-8-10-14(23-4)11-9-13/h5-11,21H,12,20H2,1-4H3. The number of carbonyl (C=O) groups excluding carboxylic acids is 1. The molecule has 0 heterocycles. The van der Waals surface area contributed by atoms with Gasteiger partial charge in [-0.1, -0.05) is 6.07 Å². The van der Waals surface area contributed by atoms with Crippen molar-refractivity contribution in [3.8, 4) is 5.75 Å². The van der Waals surface area contributed by atoms with E-state index < -0.39 is 5.60 Å². The molecule has 24 heavy (non-hydrogen) atoms. The third-order valence-corrected chi connectivity index (χ3v) is 3.37. The van der Waals surface area contributed by atoms with E-state index in [4.69, 9.17) is 15.2 Å². The molecule has 3 N–H and O–H groups in total. The highest BCUT2D eigenvalue weighted by Gasteiger charge is 2.21. The Labute approximate surface area is 142 Å². The monoisotopic (exact) mass is 328 g/mol. The van der Waals surface area contributed by atoms with Gasteiger partial charge in [-0.15, -0.1) is 0 Å². The van der Waals surface area contributed by atoms with Crippen LogP contribution in [0, 0.1) is 0 Å². The number of ether oxygens (including phenoxy) is 2. The van der Waals surface area contributed by atoms with E-state index in [9.17, 15) is 4.79 Å². The summed E-state index contributed by atoms with van der Waals surface area (Å²) in [5.74, 6) is 0.406. The molecular formula is C19H24N2O3. The van der Waals surface area contributed by atoms with Gasteiger partial charge in [0, 0.05) is 23.5 Å². The molecule has 0 saturated carbocycles. The maximum Gasteiger partial charge on any atom is 0.339 e. The van der Waals surface area contributed by atoms with Crippen molar-refractivity contribution in [3.63, 3.8) is 0 Å². The second-order valence-corrected chi connectivity index (χ2v) is 6.39. The number of benzene rings is 2. The molecule has 5 heteroatoms. The minimum atomic E-state index is -0.553. The van der Waals surface area contributed by atoms with Crippen LogP contribution in [0.3, 0.4) is 0 Å². The van der Waals surface area contributed by atoms with Crippen LogP contribution in [0.5, 0.6) is 5.75 Å². The lowest BCUT2D eigenvalue weighted by Gasteiger charge is -2.21. The van der Waals surface area contributed by atoms with E-state index in [1.807, 2.05) is 57.2 Å². The maximum absolute atomic E-state index is 12.4. The third-order valence-electron chi connectivity index (χ3n) is 3.37. The number of esters is 1. The zero-order valence-electron chi connectivity index (χ0n) is 14.6. The van der Waals surface area contributed by atoms with Crippen molar-refractivity contribution in [2.75, 3.05) is 12.4 Å². The van der Waals surface area contributed by atoms with Gasteiger partial charge in [0.15, 0.2) is 0 Å². The van der Waals surface area contributed by atoms with Crippen molar-refractivity contribution in [2.24, 2.45) is 5.73 Å². The Hall–Kier alpha value is -2.53. The summed E-state index contributed by atoms with van der Waals surface area (Å²) < 4.78 is 10.6.